The van der Waals surface area contributed by atoms with E-state index in [2.05, 4.69) is 30.1 Å². The fourth-order valence-corrected chi connectivity index (χ4v) is 6.34. The normalized spacial score (nSPS) is 21.7. The van der Waals surface area contributed by atoms with Gasteiger partial charge in [-0.3, -0.25) is 19.8 Å². The molecule has 2 aromatic rings. The smallest absolute Gasteiger partial charge is 0.322 e. The van der Waals surface area contributed by atoms with Crippen LogP contribution < -0.4 is 5.32 Å². The number of nitrogens with one attached hydrogen (secondary N) is 1. The van der Waals surface area contributed by atoms with Crippen LogP contribution in [0.5, 0.6) is 0 Å². The summed E-state index contributed by atoms with van der Waals surface area (Å²) < 4.78 is 0. The molecule has 1 saturated heterocycles. The lowest BCUT2D eigenvalue weighted by Crippen LogP contribution is -2.52. The van der Waals surface area contributed by atoms with Crippen molar-refractivity contribution in [2.45, 2.75) is 26.7 Å². The van der Waals surface area contributed by atoms with Crippen molar-refractivity contribution in [3.8, 4) is 0 Å². The van der Waals surface area contributed by atoms with Crippen molar-refractivity contribution in [3.63, 3.8) is 0 Å². The number of nitro benzene ring substituents is 1. The Morgan fingerprint density at radius 2 is 1.75 bits per heavy atom. The van der Waals surface area contributed by atoms with Gasteiger partial charge in [-0.05, 0) is 66.5 Å². The van der Waals surface area contributed by atoms with Gasteiger partial charge >= 0.3 is 6.03 Å². The minimum atomic E-state index is -0.472. The third kappa shape index (κ3) is 6.00. The van der Waals surface area contributed by atoms with Gasteiger partial charge in [-0.25, -0.2) is 4.79 Å². The van der Waals surface area contributed by atoms with Crippen LogP contribution >= 0.6 is 11.6 Å². The first-order valence-electron chi connectivity index (χ1n) is 13.9. The summed E-state index contributed by atoms with van der Waals surface area (Å²) in [6.07, 6.45) is 4.63. The predicted octanol–water partition coefficient (Wildman–Crippen LogP) is 5.53. The fraction of sp³-hybridized carbons (Fsp3) is 0.467. The first-order chi connectivity index (χ1) is 19.1. The minimum absolute atomic E-state index is 0.0318. The number of fused-ring (bicyclic) bond motifs is 1. The van der Waals surface area contributed by atoms with Crippen LogP contribution in [0.4, 0.5) is 16.2 Å². The monoisotopic (exact) mass is 565 g/mol. The number of allylic oxidation sites excluding steroid dienone is 1. The lowest BCUT2D eigenvalue weighted by atomic mass is 9.49. The maximum atomic E-state index is 13.4. The average Bonchev–Trinajstić information content (AvgIpc) is 2.96. The largest absolute Gasteiger partial charge is 0.336 e. The number of carbonyl (C=O) groups is 2. The number of carbonyl (C=O) groups excluding carboxylic acids is 2. The number of hydrogen-bond acceptors (Lipinski definition) is 5. The first-order valence-corrected chi connectivity index (χ1v) is 14.3. The molecule has 1 aliphatic heterocycles. The molecule has 0 aromatic heterocycles. The number of non-ortho nitro benzene ring substituents is 1. The van der Waals surface area contributed by atoms with E-state index < -0.39 is 4.92 Å². The van der Waals surface area contributed by atoms with Gasteiger partial charge < -0.3 is 15.1 Å². The molecule has 2 atom stereocenters. The lowest BCUT2D eigenvalue weighted by Gasteiger charge is -2.57. The van der Waals surface area contributed by atoms with Crippen LogP contribution in [0.25, 0.3) is 0 Å². The Labute approximate surface area is 239 Å². The summed E-state index contributed by atoms with van der Waals surface area (Å²) in [6.45, 7) is 9.10. The van der Waals surface area contributed by atoms with Gasteiger partial charge in [-0.2, -0.15) is 0 Å². The van der Waals surface area contributed by atoms with Crippen LogP contribution in [0.3, 0.4) is 0 Å². The molecule has 10 heteroatoms. The van der Waals surface area contributed by atoms with Crippen molar-refractivity contribution >= 4 is 34.9 Å². The van der Waals surface area contributed by atoms with E-state index in [1.54, 1.807) is 29.2 Å². The highest BCUT2D eigenvalue weighted by Crippen LogP contribution is 2.59. The molecule has 2 unspecified atom stereocenters. The Morgan fingerprint density at radius 1 is 1.07 bits per heavy atom. The molecule has 3 aliphatic carbocycles. The number of halogens is 1. The van der Waals surface area contributed by atoms with E-state index in [0.29, 0.717) is 68.0 Å². The van der Waals surface area contributed by atoms with Gasteiger partial charge in [0.25, 0.3) is 11.6 Å². The van der Waals surface area contributed by atoms with Crippen molar-refractivity contribution in [2.24, 2.45) is 17.3 Å². The summed E-state index contributed by atoms with van der Waals surface area (Å²) in [4.78, 5) is 42.7. The summed E-state index contributed by atoms with van der Waals surface area (Å²) in [7, 11) is 0. The zero-order valence-corrected chi connectivity index (χ0v) is 23.8. The topological polar surface area (TPSA) is 99.0 Å². The summed E-state index contributed by atoms with van der Waals surface area (Å²) >= 11 is 6.02. The Kier molecular flexibility index (Phi) is 8.14. The maximum Gasteiger partial charge on any atom is 0.322 e. The number of benzene rings is 2. The third-order valence-corrected chi connectivity index (χ3v) is 9.26. The van der Waals surface area contributed by atoms with Gasteiger partial charge in [0.15, 0.2) is 0 Å². The highest BCUT2D eigenvalue weighted by atomic mass is 35.5. The van der Waals surface area contributed by atoms with Crippen LogP contribution in [-0.2, 0) is 0 Å². The van der Waals surface area contributed by atoms with Crippen LogP contribution in [0.15, 0.2) is 60.2 Å². The van der Waals surface area contributed by atoms with Crippen molar-refractivity contribution < 1.29 is 14.5 Å². The zero-order chi connectivity index (χ0) is 28.4. The van der Waals surface area contributed by atoms with E-state index in [0.717, 1.165) is 12.3 Å². The molecule has 4 aliphatic rings. The Balaban J connectivity index is 1.18. The number of piperazine rings is 1. The molecular weight excluding hydrogens is 530 g/mol. The first kappa shape index (κ1) is 28.1. The molecule has 2 aromatic carbocycles. The Bertz CT molecular complexity index is 1290. The summed E-state index contributed by atoms with van der Waals surface area (Å²) in [5.41, 5.74) is 2.77. The predicted molar refractivity (Wildman–Crippen MR) is 156 cm³/mol. The number of anilines is 1. The van der Waals surface area contributed by atoms with E-state index in [9.17, 15) is 19.7 Å². The number of nitrogens with zero attached hydrogens (tertiary/aromatic N) is 4. The van der Waals surface area contributed by atoms with Gasteiger partial charge in [0.05, 0.1) is 4.92 Å². The second-order valence-electron chi connectivity index (χ2n) is 11.6. The molecular formula is C30H36ClN5O4. The summed E-state index contributed by atoms with van der Waals surface area (Å²) in [5, 5.41) is 14.6. The molecule has 1 N–H and O–H groups in total. The molecule has 1 heterocycles. The fourth-order valence-electron chi connectivity index (χ4n) is 6.21. The highest BCUT2D eigenvalue weighted by Gasteiger charge is 2.51. The van der Waals surface area contributed by atoms with Gasteiger partial charge in [0.2, 0.25) is 0 Å². The molecule has 6 rings (SSSR count). The molecule has 3 amide bonds. The lowest BCUT2D eigenvalue weighted by molar-refractivity contribution is -0.384. The third-order valence-electron chi connectivity index (χ3n) is 9.01. The quantitative estimate of drug-likeness (QED) is 0.258. The van der Waals surface area contributed by atoms with E-state index >= 15 is 0 Å². The van der Waals surface area contributed by atoms with E-state index in [4.69, 9.17) is 11.6 Å². The van der Waals surface area contributed by atoms with Crippen LogP contribution in [-0.4, -0.2) is 77.4 Å². The Hall–Kier alpha value is -3.43. The van der Waals surface area contributed by atoms with E-state index in [-0.39, 0.29) is 23.0 Å². The minimum Gasteiger partial charge on any atom is -0.336 e. The Morgan fingerprint density at radius 3 is 2.35 bits per heavy atom. The molecule has 40 heavy (non-hydrogen) atoms. The maximum absolute atomic E-state index is 13.4. The van der Waals surface area contributed by atoms with Gasteiger partial charge in [0, 0.05) is 74.2 Å². The van der Waals surface area contributed by atoms with Crippen molar-refractivity contribution in [1.82, 2.24) is 14.7 Å². The van der Waals surface area contributed by atoms with Gasteiger partial charge in [-0.15, -0.1) is 0 Å². The number of hydrogen-bond donors (Lipinski definition) is 1. The molecule has 2 bridgehead atoms. The second kappa shape index (κ2) is 11.6. The van der Waals surface area contributed by atoms with E-state index in [1.807, 2.05) is 4.90 Å². The molecule has 2 fully saturated rings. The highest BCUT2D eigenvalue weighted by molar-refractivity contribution is 6.30. The molecule has 9 nitrogen and oxygen atoms in total. The number of nitro groups is 1. The zero-order valence-electron chi connectivity index (χ0n) is 23.0. The molecule has 212 valence electrons. The van der Waals surface area contributed by atoms with Crippen LogP contribution in [0, 0.1) is 27.4 Å². The number of rotatable bonds is 8. The second-order valence-corrected chi connectivity index (χ2v) is 12.1. The van der Waals surface area contributed by atoms with Crippen molar-refractivity contribution in [3.05, 3.63) is 80.9 Å². The van der Waals surface area contributed by atoms with Crippen LogP contribution in [0.1, 0.15) is 37.0 Å². The van der Waals surface area contributed by atoms with E-state index in [1.165, 1.54) is 36.3 Å². The van der Waals surface area contributed by atoms with Gasteiger partial charge in [0.1, 0.15) is 0 Å². The standard InChI is InChI=1S/C30H36ClN5O4/c1-30(2)23-6-3-22(27(30)19-23)20-35(29(38)32-25-9-7-24(31)8-10-25)18-15-33-13-16-34(17-14-33)28(37)21-4-11-26(12-5-21)36(39)40/h3-5,7-12,23,27H,6,13-20H2,1-2H3,(H,32,38). The van der Waals surface area contributed by atoms with Crippen molar-refractivity contribution in [1.29, 1.82) is 0 Å². The molecule has 0 radical (unpaired) electrons. The van der Waals surface area contributed by atoms with Crippen LogP contribution in [0.2, 0.25) is 5.02 Å². The number of urea groups is 1. The summed E-state index contributed by atoms with van der Waals surface area (Å²) in [6, 6.07) is 12.7. The van der Waals surface area contributed by atoms with Crippen molar-refractivity contribution in [2.75, 3.05) is 51.1 Å². The van der Waals surface area contributed by atoms with Gasteiger partial charge in [-0.1, -0.05) is 37.1 Å². The summed E-state index contributed by atoms with van der Waals surface area (Å²) in [5.74, 6) is 1.14. The average molecular weight is 566 g/mol. The SMILES string of the molecule is CC1(C)C2CC=C(CN(CCN3CCN(C(=O)c4ccc([N+](=O)[O-])cc4)CC3)C(=O)Nc3ccc(Cl)cc3)C1C2. The molecule has 1 saturated carbocycles. The number of amides is 3. The molecule has 0 spiro atoms.